The van der Waals surface area contributed by atoms with E-state index in [-0.39, 0.29) is 13.1 Å². The van der Waals surface area contributed by atoms with Gasteiger partial charge in [-0.1, -0.05) is 5.92 Å². The lowest BCUT2D eigenvalue weighted by molar-refractivity contribution is -0.387. The molecule has 0 fully saturated rings. The van der Waals surface area contributed by atoms with E-state index in [2.05, 4.69) is 5.92 Å². The fraction of sp³-hybridized carbons (Fsp3) is 0.250. The van der Waals surface area contributed by atoms with Crippen LogP contribution in [-0.2, 0) is 0 Å². The lowest BCUT2D eigenvalue weighted by Gasteiger charge is -2.18. The van der Waals surface area contributed by atoms with E-state index in [4.69, 9.17) is 6.42 Å². The van der Waals surface area contributed by atoms with Gasteiger partial charge in [0.15, 0.2) is 0 Å². The van der Waals surface area contributed by atoms with E-state index in [1.807, 2.05) is 0 Å². The quantitative estimate of drug-likeness (QED) is 0.476. The second-order valence-electron chi connectivity index (χ2n) is 3.57. The maximum Gasteiger partial charge on any atom is 0.308 e. The highest BCUT2D eigenvalue weighted by atomic mass is 19.1. The number of carbonyl (C=O) groups excluding carboxylic acids is 1. The molecule has 0 aromatic heterocycles. The molecule has 0 bridgehead atoms. The number of benzene rings is 1. The van der Waals surface area contributed by atoms with Crippen LogP contribution in [0, 0.1) is 34.1 Å². The summed E-state index contributed by atoms with van der Waals surface area (Å²) in [4.78, 5) is 22.5. The number of hydrogen-bond acceptors (Lipinski definition) is 3. The van der Waals surface area contributed by atoms with E-state index in [1.54, 1.807) is 6.92 Å². The molecule has 0 aliphatic carbocycles. The van der Waals surface area contributed by atoms with Crippen LogP contribution in [0.3, 0.4) is 0 Å². The lowest BCUT2D eigenvalue weighted by atomic mass is 10.1. The van der Waals surface area contributed by atoms with Crippen LogP contribution < -0.4 is 0 Å². The van der Waals surface area contributed by atoms with Gasteiger partial charge in [0, 0.05) is 6.54 Å². The van der Waals surface area contributed by atoms with Gasteiger partial charge in [-0.15, -0.1) is 6.42 Å². The van der Waals surface area contributed by atoms with Gasteiger partial charge in [-0.3, -0.25) is 14.9 Å². The molecule has 0 heterocycles. The summed E-state index contributed by atoms with van der Waals surface area (Å²) in [5.74, 6) is -1.12. The standard InChI is InChI=1S/C12H10F2N2O3/c1-3-5-15(4-2)12(17)9-6-8(13)7-10(11(9)14)16(18)19/h1,6-7H,4-5H2,2H3. The molecule has 100 valence electrons. The number of nitrogens with zero attached hydrogens (tertiary/aromatic N) is 2. The van der Waals surface area contributed by atoms with Crippen LogP contribution in [0.2, 0.25) is 0 Å². The molecule has 0 saturated carbocycles. The first kappa shape index (κ1) is 14.6. The Labute approximate surface area is 108 Å². The van der Waals surface area contributed by atoms with Gasteiger partial charge in [-0.05, 0) is 13.0 Å². The summed E-state index contributed by atoms with van der Waals surface area (Å²) in [5.41, 5.74) is -1.79. The van der Waals surface area contributed by atoms with Crippen molar-refractivity contribution in [2.24, 2.45) is 0 Å². The summed E-state index contributed by atoms with van der Waals surface area (Å²) in [6.07, 6.45) is 5.05. The highest BCUT2D eigenvalue weighted by molar-refractivity contribution is 5.95. The lowest BCUT2D eigenvalue weighted by Crippen LogP contribution is -2.32. The van der Waals surface area contributed by atoms with Gasteiger partial charge in [-0.2, -0.15) is 4.39 Å². The van der Waals surface area contributed by atoms with Crippen molar-refractivity contribution in [1.82, 2.24) is 4.90 Å². The summed E-state index contributed by atoms with van der Waals surface area (Å²) < 4.78 is 27.0. The Morgan fingerprint density at radius 2 is 2.16 bits per heavy atom. The summed E-state index contributed by atoms with van der Waals surface area (Å²) in [7, 11) is 0. The molecule has 7 heteroatoms. The number of hydrogen-bond donors (Lipinski definition) is 0. The predicted molar refractivity (Wildman–Crippen MR) is 63.4 cm³/mol. The minimum absolute atomic E-state index is 0.0981. The minimum atomic E-state index is -1.37. The predicted octanol–water partition coefficient (Wildman–Crippen LogP) is 1.97. The first-order chi connectivity index (χ1) is 8.92. The van der Waals surface area contributed by atoms with Gasteiger partial charge in [0.05, 0.1) is 23.1 Å². The van der Waals surface area contributed by atoms with Crippen molar-refractivity contribution in [1.29, 1.82) is 0 Å². The molecule has 0 radical (unpaired) electrons. The van der Waals surface area contributed by atoms with Gasteiger partial charge < -0.3 is 4.90 Å². The normalized spacial score (nSPS) is 9.79. The average molecular weight is 268 g/mol. The average Bonchev–Trinajstić information content (AvgIpc) is 2.37. The molecular weight excluding hydrogens is 258 g/mol. The first-order valence-corrected chi connectivity index (χ1v) is 5.28. The number of rotatable bonds is 4. The van der Waals surface area contributed by atoms with Crippen molar-refractivity contribution >= 4 is 11.6 Å². The molecule has 19 heavy (non-hydrogen) atoms. The first-order valence-electron chi connectivity index (χ1n) is 5.28. The molecule has 0 unspecified atom stereocenters. The van der Waals surface area contributed by atoms with Crippen LogP contribution in [0.5, 0.6) is 0 Å². The number of terminal acetylenes is 1. The zero-order valence-corrected chi connectivity index (χ0v) is 10.0. The topological polar surface area (TPSA) is 63.5 Å². The highest BCUT2D eigenvalue weighted by Gasteiger charge is 2.26. The van der Waals surface area contributed by atoms with Gasteiger partial charge in [0.1, 0.15) is 5.82 Å². The van der Waals surface area contributed by atoms with Crippen LogP contribution in [0.15, 0.2) is 12.1 Å². The number of nitro benzene ring substituents is 1. The Morgan fingerprint density at radius 3 is 2.63 bits per heavy atom. The molecule has 0 saturated heterocycles. The van der Waals surface area contributed by atoms with E-state index >= 15 is 0 Å². The molecule has 0 atom stereocenters. The van der Waals surface area contributed by atoms with E-state index in [0.717, 1.165) is 4.90 Å². The maximum absolute atomic E-state index is 13.8. The summed E-state index contributed by atoms with van der Waals surface area (Å²) in [6, 6.07) is 1.04. The highest BCUT2D eigenvalue weighted by Crippen LogP contribution is 2.23. The molecule has 5 nitrogen and oxygen atoms in total. The van der Waals surface area contributed by atoms with Gasteiger partial charge >= 0.3 is 5.69 Å². The third-order valence-electron chi connectivity index (χ3n) is 2.40. The van der Waals surface area contributed by atoms with E-state index in [1.165, 1.54) is 0 Å². The third kappa shape index (κ3) is 3.04. The van der Waals surface area contributed by atoms with Crippen LogP contribution in [0.4, 0.5) is 14.5 Å². The van der Waals surface area contributed by atoms with Crippen LogP contribution >= 0.6 is 0 Å². The van der Waals surface area contributed by atoms with E-state index < -0.39 is 33.7 Å². The van der Waals surface area contributed by atoms with Crippen LogP contribution in [0.25, 0.3) is 0 Å². The van der Waals surface area contributed by atoms with Gasteiger partial charge in [-0.25, -0.2) is 4.39 Å². The second kappa shape index (κ2) is 5.91. The maximum atomic E-state index is 13.8. The van der Waals surface area contributed by atoms with Crippen molar-refractivity contribution in [3.05, 3.63) is 39.4 Å². The van der Waals surface area contributed by atoms with Crippen LogP contribution in [-0.4, -0.2) is 28.8 Å². The Morgan fingerprint density at radius 1 is 1.53 bits per heavy atom. The fourth-order valence-corrected chi connectivity index (χ4v) is 1.47. The minimum Gasteiger partial charge on any atom is -0.328 e. The summed E-state index contributed by atoms with van der Waals surface area (Å²) in [6.45, 7) is 1.67. The van der Waals surface area contributed by atoms with Gasteiger partial charge in [0.25, 0.3) is 5.91 Å². The molecule has 1 aromatic rings. The van der Waals surface area contributed by atoms with Crippen molar-refractivity contribution in [2.45, 2.75) is 6.92 Å². The molecule has 0 spiro atoms. The smallest absolute Gasteiger partial charge is 0.308 e. The molecule has 0 aliphatic rings. The van der Waals surface area contributed by atoms with Gasteiger partial charge in [0.2, 0.25) is 5.82 Å². The largest absolute Gasteiger partial charge is 0.328 e. The Bertz CT molecular complexity index is 567. The Hall–Kier alpha value is -2.49. The fourth-order valence-electron chi connectivity index (χ4n) is 1.47. The number of amides is 1. The molecule has 1 rings (SSSR count). The van der Waals surface area contributed by atoms with Crippen molar-refractivity contribution in [3.63, 3.8) is 0 Å². The number of halogens is 2. The zero-order chi connectivity index (χ0) is 14.6. The monoisotopic (exact) mass is 268 g/mol. The third-order valence-corrected chi connectivity index (χ3v) is 2.40. The number of carbonyl (C=O) groups is 1. The summed E-state index contributed by atoms with van der Waals surface area (Å²) >= 11 is 0. The van der Waals surface area contributed by atoms with Crippen molar-refractivity contribution in [2.75, 3.05) is 13.1 Å². The summed E-state index contributed by atoms with van der Waals surface area (Å²) in [5, 5.41) is 10.6. The van der Waals surface area contributed by atoms with Crippen LogP contribution in [0.1, 0.15) is 17.3 Å². The molecule has 0 aliphatic heterocycles. The van der Waals surface area contributed by atoms with E-state index in [9.17, 15) is 23.7 Å². The molecule has 0 N–H and O–H groups in total. The number of nitro groups is 1. The molecular formula is C12H10F2N2O3. The second-order valence-corrected chi connectivity index (χ2v) is 3.57. The Balaban J connectivity index is 3.31. The Kier molecular flexibility index (Phi) is 4.53. The van der Waals surface area contributed by atoms with E-state index in [0.29, 0.717) is 12.1 Å². The van der Waals surface area contributed by atoms with Crippen molar-refractivity contribution in [3.8, 4) is 12.3 Å². The molecule has 1 aromatic carbocycles. The zero-order valence-electron chi connectivity index (χ0n) is 10.0. The SMILES string of the molecule is C#CCN(CC)C(=O)c1cc(F)cc([N+](=O)[O-])c1F. The van der Waals surface area contributed by atoms with Crippen molar-refractivity contribution < 1.29 is 18.5 Å². The molecule has 1 amide bonds.